The summed E-state index contributed by atoms with van der Waals surface area (Å²) in [4.78, 5) is 0. The summed E-state index contributed by atoms with van der Waals surface area (Å²) in [5.74, 6) is 0.551. The Kier molecular flexibility index (Phi) is 6.16. The number of hydrogen-bond donors (Lipinski definition) is 1. The van der Waals surface area contributed by atoms with Crippen LogP contribution in [0.2, 0.25) is 5.02 Å². The molecule has 0 aliphatic rings. The largest absolute Gasteiger partial charge is 0.314 e. The molecule has 104 valence electrons. The van der Waals surface area contributed by atoms with Crippen molar-refractivity contribution in [2.24, 2.45) is 5.92 Å². The number of hydrogen-bond acceptors (Lipinski definition) is 2. The van der Waals surface area contributed by atoms with Gasteiger partial charge in [-0.05, 0) is 46.1 Å². The zero-order chi connectivity index (χ0) is 13.7. The van der Waals surface area contributed by atoms with Crippen LogP contribution >= 0.6 is 11.6 Å². The predicted molar refractivity (Wildman–Crippen MR) is 78.3 cm³/mol. The van der Waals surface area contributed by atoms with Crippen LogP contribution in [-0.2, 0) is 13.0 Å². The molecule has 0 amide bonds. The van der Waals surface area contributed by atoms with Crippen LogP contribution in [0.1, 0.15) is 45.5 Å². The van der Waals surface area contributed by atoms with E-state index >= 15 is 0 Å². The van der Waals surface area contributed by atoms with E-state index < -0.39 is 0 Å². The molecule has 1 aromatic heterocycles. The van der Waals surface area contributed by atoms with Gasteiger partial charge >= 0.3 is 0 Å². The van der Waals surface area contributed by atoms with E-state index in [1.807, 2.05) is 11.6 Å². The van der Waals surface area contributed by atoms with Crippen LogP contribution in [-0.4, -0.2) is 22.4 Å². The molecular formula is C14H26ClN3. The molecule has 18 heavy (non-hydrogen) atoms. The van der Waals surface area contributed by atoms with E-state index in [9.17, 15) is 0 Å². The van der Waals surface area contributed by atoms with E-state index in [4.69, 9.17) is 11.6 Å². The minimum absolute atomic E-state index is 0.501. The van der Waals surface area contributed by atoms with E-state index in [2.05, 4.69) is 38.1 Å². The lowest BCUT2D eigenvalue weighted by atomic mass is 9.97. The minimum Gasteiger partial charge on any atom is -0.314 e. The molecule has 0 saturated carbocycles. The highest BCUT2D eigenvalue weighted by Gasteiger charge is 2.18. The molecule has 4 heteroatoms. The van der Waals surface area contributed by atoms with Gasteiger partial charge in [-0.3, -0.25) is 4.68 Å². The lowest BCUT2D eigenvalue weighted by molar-refractivity contribution is 0.389. The normalized spacial score (nSPS) is 14.8. The van der Waals surface area contributed by atoms with Crippen LogP contribution < -0.4 is 5.32 Å². The maximum absolute atomic E-state index is 6.34. The van der Waals surface area contributed by atoms with Crippen LogP contribution in [0.25, 0.3) is 0 Å². The molecule has 0 saturated heterocycles. The monoisotopic (exact) mass is 271 g/mol. The van der Waals surface area contributed by atoms with Crippen molar-refractivity contribution in [2.75, 3.05) is 6.54 Å². The van der Waals surface area contributed by atoms with E-state index in [-0.39, 0.29) is 0 Å². The fraction of sp³-hybridized carbons (Fsp3) is 0.786. The topological polar surface area (TPSA) is 29.9 Å². The van der Waals surface area contributed by atoms with Crippen molar-refractivity contribution >= 4 is 11.6 Å². The molecule has 2 atom stereocenters. The van der Waals surface area contributed by atoms with E-state index in [1.165, 1.54) is 12.1 Å². The second-order valence-electron chi connectivity index (χ2n) is 5.09. The third-order valence-corrected chi connectivity index (χ3v) is 4.03. The van der Waals surface area contributed by atoms with Gasteiger partial charge < -0.3 is 5.32 Å². The maximum atomic E-state index is 6.34. The SMILES string of the molecule is CCCNC(C)C(C)Cc1c(Cl)c(C)nn1CC. The van der Waals surface area contributed by atoms with Crippen LogP contribution in [0.3, 0.4) is 0 Å². The molecule has 1 rings (SSSR count). The summed E-state index contributed by atoms with van der Waals surface area (Å²) in [6, 6.07) is 0.501. The number of nitrogens with one attached hydrogen (secondary N) is 1. The molecule has 0 aliphatic carbocycles. The van der Waals surface area contributed by atoms with E-state index in [0.717, 1.165) is 30.2 Å². The molecule has 1 aromatic rings. The first kappa shape index (κ1) is 15.5. The van der Waals surface area contributed by atoms with Crippen LogP contribution in [0.15, 0.2) is 0 Å². The molecule has 1 N–H and O–H groups in total. The average molecular weight is 272 g/mol. The van der Waals surface area contributed by atoms with Crippen molar-refractivity contribution in [1.29, 1.82) is 0 Å². The summed E-state index contributed by atoms with van der Waals surface area (Å²) in [5.41, 5.74) is 2.12. The number of nitrogens with zero attached hydrogens (tertiary/aromatic N) is 2. The molecule has 3 nitrogen and oxygen atoms in total. The molecule has 0 radical (unpaired) electrons. The summed E-state index contributed by atoms with van der Waals surface area (Å²) < 4.78 is 2.03. The lowest BCUT2D eigenvalue weighted by Crippen LogP contribution is -2.34. The molecular weight excluding hydrogens is 246 g/mol. The zero-order valence-corrected chi connectivity index (χ0v) is 13.0. The van der Waals surface area contributed by atoms with Gasteiger partial charge in [0, 0.05) is 12.6 Å². The fourth-order valence-corrected chi connectivity index (χ4v) is 2.33. The third kappa shape index (κ3) is 3.72. The highest BCUT2D eigenvalue weighted by atomic mass is 35.5. The summed E-state index contributed by atoms with van der Waals surface area (Å²) in [6.07, 6.45) is 2.15. The lowest BCUT2D eigenvalue weighted by Gasteiger charge is -2.21. The van der Waals surface area contributed by atoms with Crippen molar-refractivity contribution in [3.63, 3.8) is 0 Å². The van der Waals surface area contributed by atoms with Gasteiger partial charge in [-0.1, -0.05) is 25.4 Å². The Morgan fingerprint density at radius 2 is 2.00 bits per heavy atom. The minimum atomic E-state index is 0.501. The fourth-order valence-electron chi connectivity index (χ4n) is 2.12. The Morgan fingerprint density at radius 3 is 2.56 bits per heavy atom. The molecule has 0 aliphatic heterocycles. The van der Waals surface area contributed by atoms with E-state index in [0.29, 0.717) is 12.0 Å². The van der Waals surface area contributed by atoms with Gasteiger partial charge in [0.1, 0.15) is 0 Å². The number of halogens is 1. The first-order valence-electron chi connectivity index (χ1n) is 6.96. The Morgan fingerprint density at radius 1 is 1.33 bits per heavy atom. The number of aromatic nitrogens is 2. The molecule has 1 heterocycles. The van der Waals surface area contributed by atoms with Crippen molar-refractivity contribution in [1.82, 2.24) is 15.1 Å². The van der Waals surface area contributed by atoms with Gasteiger partial charge in [-0.25, -0.2) is 0 Å². The second-order valence-corrected chi connectivity index (χ2v) is 5.46. The van der Waals surface area contributed by atoms with Crippen molar-refractivity contribution in [2.45, 2.75) is 60.0 Å². The first-order valence-corrected chi connectivity index (χ1v) is 7.34. The van der Waals surface area contributed by atoms with Gasteiger partial charge in [0.05, 0.1) is 16.4 Å². The highest BCUT2D eigenvalue weighted by Crippen LogP contribution is 2.24. The summed E-state index contributed by atoms with van der Waals surface area (Å²) >= 11 is 6.34. The average Bonchev–Trinajstić information content (AvgIpc) is 2.63. The Bertz CT molecular complexity index is 373. The van der Waals surface area contributed by atoms with Crippen LogP contribution in [0, 0.1) is 12.8 Å². The van der Waals surface area contributed by atoms with Crippen molar-refractivity contribution < 1.29 is 0 Å². The third-order valence-electron chi connectivity index (χ3n) is 3.54. The molecule has 2 unspecified atom stereocenters. The molecule has 0 fully saturated rings. The van der Waals surface area contributed by atoms with Crippen LogP contribution in [0.5, 0.6) is 0 Å². The first-order chi connectivity index (χ1) is 8.51. The number of aryl methyl sites for hydroxylation is 2. The molecule has 0 bridgehead atoms. The summed E-state index contributed by atoms with van der Waals surface area (Å²) in [7, 11) is 0. The Hall–Kier alpha value is -0.540. The van der Waals surface area contributed by atoms with Gasteiger partial charge in [0.25, 0.3) is 0 Å². The number of rotatable bonds is 7. The van der Waals surface area contributed by atoms with Crippen molar-refractivity contribution in [3.8, 4) is 0 Å². The predicted octanol–water partition coefficient (Wildman–Crippen LogP) is 3.43. The van der Waals surface area contributed by atoms with Crippen molar-refractivity contribution in [3.05, 3.63) is 16.4 Å². The van der Waals surface area contributed by atoms with Gasteiger partial charge in [0.15, 0.2) is 0 Å². The smallest absolute Gasteiger partial charge is 0.0847 e. The van der Waals surface area contributed by atoms with Gasteiger partial charge in [0.2, 0.25) is 0 Å². The Labute approximate surface area is 116 Å². The zero-order valence-electron chi connectivity index (χ0n) is 12.3. The van der Waals surface area contributed by atoms with Crippen LogP contribution in [0.4, 0.5) is 0 Å². The summed E-state index contributed by atoms with van der Waals surface area (Å²) in [5, 5.41) is 8.85. The Balaban J connectivity index is 2.71. The standard InChI is InChI=1S/C14H26ClN3/c1-6-8-16-11(4)10(3)9-13-14(15)12(5)17-18(13)7-2/h10-11,16H,6-9H2,1-5H3. The second kappa shape index (κ2) is 7.15. The maximum Gasteiger partial charge on any atom is 0.0847 e. The molecule has 0 aromatic carbocycles. The van der Waals surface area contributed by atoms with Gasteiger partial charge in [-0.15, -0.1) is 0 Å². The molecule has 0 spiro atoms. The summed E-state index contributed by atoms with van der Waals surface area (Å²) in [6.45, 7) is 12.7. The van der Waals surface area contributed by atoms with Gasteiger partial charge in [-0.2, -0.15) is 5.10 Å². The van der Waals surface area contributed by atoms with E-state index in [1.54, 1.807) is 0 Å². The highest BCUT2D eigenvalue weighted by molar-refractivity contribution is 6.31. The quantitative estimate of drug-likeness (QED) is 0.823.